The van der Waals surface area contributed by atoms with E-state index < -0.39 is 0 Å². The zero-order chi connectivity index (χ0) is 15.5. The minimum absolute atomic E-state index is 0.242. The molecule has 4 nitrogen and oxygen atoms in total. The van der Waals surface area contributed by atoms with Crippen molar-refractivity contribution in [3.05, 3.63) is 42.5 Å². The van der Waals surface area contributed by atoms with E-state index in [4.69, 9.17) is 17.0 Å². The number of thiocarbonyl (C=S) groups is 1. The molecular weight excluding hydrogens is 284 g/mol. The van der Waals surface area contributed by atoms with E-state index in [1.165, 1.54) is 6.42 Å². The Labute approximate surface area is 131 Å². The van der Waals surface area contributed by atoms with Gasteiger partial charge in [0, 0.05) is 12.1 Å². The van der Waals surface area contributed by atoms with Crippen LogP contribution in [0.4, 0.5) is 0 Å². The summed E-state index contributed by atoms with van der Waals surface area (Å²) < 4.78 is 5.60. The van der Waals surface area contributed by atoms with E-state index in [2.05, 4.69) is 24.1 Å². The molecule has 0 fully saturated rings. The first kappa shape index (κ1) is 17.2. The smallest absolute Gasteiger partial charge is 0.257 e. The molecule has 0 aromatic heterocycles. The maximum absolute atomic E-state index is 11.9. The van der Waals surface area contributed by atoms with Crippen LogP contribution in [-0.4, -0.2) is 24.2 Å². The van der Waals surface area contributed by atoms with Crippen LogP contribution in [0.2, 0.25) is 0 Å². The Bertz CT molecular complexity index is 472. The molecule has 0 aliphatic heterocycles. The SMILES string of the molecule is C=CCNC(=S)NC(=O)c1ccc(OCCCCC)cc1. The zero-order valence-electron chi connectivity index (χ0n) is 12.4. The summed E-state index contributed by atoms with van der Waals surface area (Å²) in [5.41, 5.74) is 0.540. The molecule has 0 unspecified atom stereocenters. The number of rotatable bonds is 8. The summed E-state index contributed by atoms with van der Waals surface area (Å²) in [4.78, 5) is 11.9. The van der Waals surface area contributed by atoms with Crippen LogP contribution in [0.1, 0.15) is 36.5 Å². The second-order valence-corrected chi connectivity index (χ2v) is 4.94. The Kier molecular flexibility index (Phi) is 8.12. The fraction of sp³-hybridized carbons (Fsp3) is 0.375. The Morgan fingerprint density at radius 3 is 2.67 bits per heavy atom. The minimum atomic E-state index is -0.242. The third-order valence-electron chi connectivity index (χ3n) is 2.77. The molecule has 0 atom stereocenters. The van der Waals surface area contributed by atoms with Crippen molar-refractivity contribution in [2.24, 2.45) is 0 Å². The van der Waals surface area contributed by atoms with Gasteiger partial charge in [-0.1, -0.05) is 25.8 Å². The highest BCUT2D eigenvalue weighted by Crippen LogP contribution is 2.12. The third kappa shape index (κ3) is 6.90. The highest BCUT2D eigenvalue weighted by atomic mass is 32.1. The molecule has 5 heteroatoms. The lowest BCUT2D eigenvalue weighted by atomic mass is 10.2. The maximum atomic E-state index is 11.9. The molecule has 0 saturated heterocycles. The molecular formula is C16H22N2O2S. The largest absolute Gasteiger partial charge is 0.494 e. The van der Waals surface area contributed by atoms with E-state index in [-0.39, 0.29) is 5.91 Å². The lowest BCUT2D eigenvalue weighted by Gasteiger charge is -2.09. The first-order valence-electron chi connectivity index (χ1n) is 7.10. The summed E-state index contributed by atoms with van der Waals surface area (Å²) in [7, 11) is 0. The molecule has 2 N–H and O–H groups in total. The van der Waals surface area contributed by atoms with Crippen molar-refractivity contribution >= 4 is 23.2 Å². The summed E-state index contributed by atoms with van der Waals surface area (Å²) in [6.07, 6.45) is 5.04. The Morgan fingerprint density at radius 2 is 2.05 bits per heavy atom. The van der Waals surface area contributed by atoms with E-state index in [0.29, 0.717) is 23.8 Å². The van der Waals surface area contributed by atoms with Crippen LogP contribution < -0.4 is 15.4 Å². The third-order valence-corrected chi connectivity index (χ3v) is 3.01. The zero-order valence-corrected chi connectivity index (χ0v) is 13.2. The van der Waals surface area contributed by atoms with Gasteiger partial charge in [0.1, 0.15) is 5.75 Å². The average molecular weight is 306 g/mol. The van der Waals surface area contributed by atoms with Gasteiger partial charge in [-0.15, -0.1) is 6.58 Å². The molecule has 0 aliphatic rings. The molecule has 1 aromatic carbocycles. The highest BCUT2D eigenvalue weighted by molar-refractivity contribution is 7.80. The summed E-state index contributed by atoms with van der Waals surface area (Å²) in [6.45, 7) is 6.94. The molecule has 0 aliphatic carbocycles. The number of hydrogen-bond acceptors (Lipinski definition) is 3. The van der Waals surface area contributed by atoms with Crippen LogP contribution in [0.5, 0.6) is 5.75 Å². The number of hydrogen-bond donors (Lipinski definition) is 2. The lowest BCUT2D eigenvalue weighted by Crippen LogP contribution is -2.39. The van der Waals surface area contributed by atoms with Crippen LogP contribution in [-0.2, 0) is 0 Å². The summed E-state index contributed by atoms with van der Waals surface area (Å²) >= 11 is 4.99. The monoisotopic (exact) mass is 306 g/mol. The number of carbonyl (C=O) groups excluding carboxylic acids is 1. The van der Waals surface area contributed by atoms with Gasteiger partial charge in [0.25, 0.3) is 5.91 Å². The van der Waals surface area contributed by atoms with Gasteiger partial charge < -0.3 is 10.1 Å². The fourth-order valence-corrected chi connectivity index (χ4v) is 1.80. The van der Waals surface area contributed by atoms with Crippen molar-refractivity contribution in [3.63, 3.8) is 0 Å². The van der Waals surface area contributed by atoms with Crippen molar-refractivity contribution in [2.75, 3.05) is 13.2 Å². The van der Waals surface area contributed by atoms with E-state index in [1.807, 2.05) is 0 Å². The van der Waals surface area contributed by atoms with Crippen molar-refractivity contribution in [1.29, 1.82) is 0 Å². The molecule has 0 bridgehead atoms. The van der Waals surface area contributed by atoms with E-state index in [9.17, 15) is 4.79 Å². The number of amides is 1. The molecule has 1 aromatic rings. The van der Waals surface area contributed by atoms with E-state index in [0.717, 1.165) is 18.6 Å². The summed E-state index contributed by atoms with van der Waals surface area (Å²) in [6, 6.07) is 7.03. The van der Waals surface area contributed by atoms with Crippen LogP contribution in [0.15, 0.2) is 36.9 Å². The van der Waals surface area contributed by atoms with Crippen LogP contribution in [0, 0.1) is 0 Å². The fourth-order valence-electron chi connectivity index (χ4n) is 1.63. The number of ether oxygens (including phenoxy) is 1. The van der Waals surface area contributed by atoms with Gasteiger partial charge in [-0.05, 0) is 42.9 Å². The molecule has 1 amide bonds. The second kappa shape index (κ2) is 9.94. The first-order chi connectivity index (χ1) is 10.2. The predicted octanol–water partition coefficient (Wildman–Crippen LogP) is 3.05. The summed E-state index contributed by atoms with van der Waals surface area (Å²) in [5.74, 6) is 0.532. The van der Waals surface area contributed by atoms with Gasteiger partial charge in [-0.25, -0.2) is 0 Å². The topological polar surface area (TPSA) is 50.4 Å². The summed E-state index contributed by atoms with van der Waals surface area (Å²) in [5, 5.41) is 5.74. The van der Waals surface area contributed by atoms with Gasteiger partial charge in [-0.2, -0.15) is 0 Å². The minimum Gasteiger partial charge on any atom is -0.494 e. The molecule has 21 heavy (non-hydrogen) atoms. The van der Waals surface area contributed by atoms with Gasteiger partial charge in [0.05, 0.1) is 6.61 Å². The van der Waals surface area contributed by atoms with E-state index >= 15 is 0 Å². The maximum Gasteiger partial charge on any atom is 0.257 e. The number of benzene rings is 1. The van der Waals surface area contributed by atoms with Gasteiger partial charge in [0.2, 0.25) is 0 Å². The highest BCUT2D eigenvalue weighted by Gasteiger charge is 2.07. The molecule has 0 spiro atoms. The van der Waals surface area contributed by atoms with Gasteiger partial charge >= 0.3 is 0 Å². The number of nitrogens with one attached hydrogen (secondary N) is 2. The number of unbranched alkanes of at least 4 members (excludes halogenated alkanes) is 2. The van der Waals surface area contributed by atoms with Gasteiger partial charge in [0.15, 0.2) is 5.11 Å². The van der Waals surface area contributed by atoms with Crippen molar-refractivity contribution in [2.45, 2.75) is 26.2 Å². The Hall–Kier alpha value is -1.88. The normalized spacial score (nSPS) is 9.76. The lowest BCUT2D eigenvalue weighted by molar-refractivity contribution is 0.0976. The molecule has 0 heterocycles. The Balaban J connectivity index is 2.43. The quantitative estimate of drug-likeness (QED) is 0.440. The van der Waals surface area contributed by atoms with E-state index in [1.54, 1.807) is 30.3 Å². The Morgan fingerprint density at radius 1 is 1.33 bits per heavy atom. The van der Waals surface area contributed by atoms with Crippen LogP contribution >= 0.6 is 12.2 Å². The van der Waals surface area contributed by atoms with Gasteiger partial charge in [-0.3, -0.25) is 10.1 Å². The molecule has 0 saturated carbocycles. The number of carbonyl (C=O) groups is 1. The van der Waals surface area contributed by atoms with Crippen molar-refractivity contribution in [1.82, 2.24) is 10.6 Å². The molecule has 1 rings (SSSR count). The standard InChI is InChI=1S/C16H22N2O2S/c1-3-5-6-12-20-14-9-7-13(8-10-14)15(19)18-16(21)17-11-4-2/h4,7-10H,2-3,5-6,11-12H2,1H3,(H2,17,18,19,21). The molecule has 114 valence electrons. The van der Waals surface area contributed by atoms with Crippen LogP contribution in [0.25, 0.3) is 0 Å². The first-order valence-corrected chi connectivity index (χ1v) is 7.51. The average Bonchev–Trinajstić information content (AvgIpc) is 2.50. The molecule has 0 radical (unpaired) electrons. The van der Waals surface area contributed by atoms with Crippen molar-refractivity contribution in [3.8, 4) is 5.75 Å². The second-order valence-electron chi connectivity index (χ2n) is 4.53. The van der Waals surface area contributed by atoms with Crippen LogP contribution in [0.3, 0.4) is 0 Å². The van der Waals surface area contributed by atoms with Crippen molar-refractivity contribution < 1.29 is 9.53 Å². The predicted molar refractivity (Wildman–Crippen MR) is 89.7 cm³/mol.